The normalized spacial score (nSPS) is 14.6. The van der Waals surface area contributed by atoms with Gasteiger partial charge in [-0.3, -0.25) is 9.00 Å². The molecule has 3 heterocycles. The molecule has 0 bridgehead atoms. The lowest BCUT2D eigenvalue weighted by molar-refractivity contribution is 0.0947. The molecule has 0 aliphatic carbocycles. The third-order valence-electron chi connectivity index (χ3n) is 6.72. The van der Waals surface area contributed by atoms with Gasteiger partial charge in [0.2, 0.25) is 0 Å². The minimum Gasteiger partial charge on any atom is -0.351 e. The number of halogens is 1. The second-order valence-corrected chi connectivity index (χ2v) is 12.3. The lowest BCUT2D eigenvalue weighted by Gasteiger charge is -2.13. The number of likely N-dealkylation sites (tertiary alicyclic amines) is 1. The summed E-state index contributed by atoms with van der Waals surface area (Å²) in [6, 6.07) is 21.2. The van der Waals surface area contributed by atoms with E-state index in [1.54, 1.807) is 22.3 Å². The van der Waals surface area contributed by atoms with Crippen molar-refractivity contribution >= 4 is 39.6 Å². The molecule has 1 fully saturated rings. The summed E-state index contributed by atoms with van der Waals surface area (Å²) in [5.41, 5.74) is 2.87. The third kappa shape index (κ3) is 6.26. The third-order valence-corrected chi connectivity index (χ3v) is 9.11. The first-order valence-corrected chi connectivity index (χ1v) is 15.6. The first kappa shape index (κ1) is 26.8. The SMILES string of the molecule is CS(=O)c1cccc(-c2ccc(-c3cc(C(=O)NCCCCN4CCCC4)nn3-c3ccccc3Cl)s2)c1. The number of carbonyl (C=O) groups is 1. The van der Waals surface area contributed by atoms with Crippen molar-refractivity contribution < 1.29 is 9.00 Å². The Morgan fingerprint density at radius 1 is 1.03 bits per heavy atom. The zero-order chi connectivity index (χ0) is 26.5. The van der Waals surface area contributed by atoms with Crippen molar-refractivity contribution in [3.05, 3.63) is 77.4 Å². The summed E-state index contributed by atoms with van der Waals surface area (Å²) < 4.78 is 13.7. The fourth-order valence-corrected chi connectivity index (χ4v) is 6.48. The summed E-state index contributed by atoms with van der Waals surface area (Å²) in [5.74, 6) is -0.187. The summed E-state index contributed by atoms with van der Waals surface area (Å²) in [6.45, 7) is 4.11. The molecule has 0 radical (unpaired) electrons. The van der Waals surface area contributed by atoms with Crippen LogP contribution >= 0.6 is 22.9 Å². The van der Waals surface area contributed by atoms with Gasteiger partial charge < -0.3 is 10.2 Å². The topological polar surface area (TPSA) is 67.2 Å². The second kappa shape index (κ2) is 12.4. The predicted molar refractivity (Wildman–Crippen MR) is 157 cm³/mol. The Balaban J connectivity index is 1.37. The van der Waals surface area contributed by atoms with Gasteiger partial charge in [-0.2, -0.15) is 5.10 Å². The number of para-hydroxylation sites is 1. The van der Waals surface area contributed by atoms with Crippen molar-refractivity contribution in [2.75, 3.05) is 32.4 Å². The van der Waals surface area contributed by atoms with Crippen LogP contribution in [0.25, 0.3) is 26.7 Å². The van der Waals surface area contributed by atoms with Gasteiger partial charge in [0.25, 0.3) is 5.91 Å². The van der Waals surface area contributed by atoms with E-state index in [-0.39, 0.29) is 5.91 Å². The second-order valence-electron chi connectivity index (χ2n) is 9.44. The molecule has 38 heavy (non-hydrogen) atoms. The van der Waals surface area contributed by atoms with E-state index in [0.717, 1.165) is 45.3 Å². The first-order valence-electron chi connectivity index (χ1n) is 12.9. The number of hydrogen-bond donors (Lipinski definition) is 1. The van der Waals surface area contributed by atoms with E-state index in [4.69, 9.17) is 11.6 Å². The van der Waals surface area contributed by atoms with E-state index in [9.17, 15) is 9.00 Å². The van der Waals surface area contributed by atoms with Crippen molar-refractivity contribution in [2.45, 2.75) is 30.6 Å². The zero-order valence-electron chi connectivity index (χ0n) is 21.4. The molecule has 4 aromatic rings. The van der Waals surface area contributed by atoms with Crippen molar-refractivity contribution in [2.24, 2.45) is 0 Å². The van der Waals surface area contributed by atoms with Crippen LogP contribution in [0.3, 0.4) is 0 Å². The number of carbonyl (C=O) groups excluding carboxylic acids is 1. The fourth-order valence-electron chi connectivity index (χ4n) is 4.69. The van der Waals surface area contributed by atoms with Crippen LogP contribution in [0.15, 0.2) is 71.6 Å². The van der Waals surface area contributed by atoms with E-state index < -0.39 is 10.8 Å². The largest absolute Gasteiger partial charge is 0.351 e. The van der Waals surface area contributed by atoms with Crippen LogP contribution in [-0.4, -0.2) is 57.2 Å². The van der Waals surface area contributed by atoms with Gasteiger partial charge in [0.1, 0.15) is 0 Å². The smallest absolute Gasteiger partial charge is 0.271 e. The van der Waals surface area contributed by atoms with E-state index in [0.29, 0.717) is 22.9 Å². The van der Waals surface area contributed by atoms with Gasteiger partial charge in [0.15, 0.2) is 5.69 Å². The van der Waals surface area contributed by atoms with Gasteiger partial charge in [0.05, 0.1) is 21.3 Å². The van der Waals surface area contributed by atoms with Gasteiger partial charge in [-0.1, -0.05) is 35.9 Å². The lowest BCUT2D eigenvalue weighted by Crippen LogP contribution is -2.26. The molecular formula is C29H31ClN4O2S2. The molecule has 2 aromatic heterocycles. The van der Waals surface area contributed by atoms with Gasteiger partial charge in [-0.25, -0.2) is 4.68 Å². The highest BCUT2D eigenvalue weighted by Gasteiger charge is 2.20. The number of nitrogens with one attached hydrogen (secondary N) is 1. The van der Waals surface area contributed by atoms with Crippen molar-refractivity contribution in [3.63, 3.8) is 0 Å². The fraction of sp³-hybridized carbons (Fsp3) is 0.310. The van der Waals surface area contributed by atoms with Crippen LogP contribution in [-0.2, 0) is 10.8 Å². The number of amides is 1. The molecular weight excluding hydrogens is 536 g/mol. The number of rotatable bonds is 10. The molecule has 5 rings (SSSR count). The lowest BCUT2D eigenvalue weighted by atomic mass is 10.2. The highest BCUT2D eigenvalue weighted by Crippen LogP contribution is 2.37. The minimum atomic E-state index is -1.05. The maximum absolute atomic E-state index is 13.0. The molecule has 1 N–H and O–H groups in total. The highest BCUT2D eigenvalue weighted by atomic mass is 35.5. The van der Waals surface area contributed by atoms with Crippen molar-refractivity contribution in [1.82, 2.24) is 20.0 Å². The Labute approximate surface area is 235 Å². The molecule has 1 atom stereocenters. The average molecular weight is 567 g/mol. The Morgan fingerprint density at radius 2 is 1.82 bits per heavy atom. The summed E-state index contributed by atoms with van der Waals surface area (Å²) in [4.78, 5) is 18.3. The monoisotopic (exact) mass is 566 g/mol. The minimum absolute atomic E-state index is 0.187. The Kier molecular flexibility index (Phi) is 8.74. The molecule has 0 spiro atoms. The molecule has 1 unspecified atom stereocenters. The van der Waals surface area contributed by atoms with Crippen LogP contribution in [0.2, 0.25) is 5.02 Å². The summed E-state index contributed by atoms with van der Waals surface area (Å²) in [6.07, 6.45) is 6.29. The van der Waals surface area contributed by atoms with E-state index in [2.05, 4.69) is 15.3 Å². The highest BCUT2D eigenvalue weighted by molar-refractivity contribution is 7.84. The summed E-state index contributed by atoms with van der Waals surface area (Å²) in [7, 11) is -1.05. The molecule has 2 aromatic carbocycles. The van der Waals surface area contributed by atoms with Gasteiger partial charge in [0, 0.05) is 33.4 Å². The van der Waals surface area contributed by atoms with Crippen LogP contribution in [0.4, 0.5) is 0 Å². The molecule has 198 valence electrons. The van der Waals surface area contributed by atoms with Crippen LogP contribution < -0.4 is 5.32 Å². The van der Waals surface area contributed by atoms with Crippen LogP contribution in [0, 0.1) is 0 Å². The van der Waals surface area contributed by atoms with Crippen LogP contribution in [0.5, 0.6) is 0 Å². The molecule has 9 heteroatoms. The van der Waals surface area contributed by atoms with Gasteiger partial charge in [-0.15, -0.1) is 11.3 Å². The average Bonchev–Trinajstić information content (AvgIpc) is 3.70. The number of unbranched alkanes of at least 4 members (excludes halogenated alkanes) is 1. The van der Waals surface area contributed by atoms with Gasteiger partial charge >= 0.3 is 0 Å². The number of benzene rings is 2. The Morgan fingerprint density at radius 3 is 2.61 bits per heavy atom. The standard InChI is InChI=1S/C29H31ClN4O2S2/c1-38(36)22-10-8-9-21(19-22)27-13-14-28(37-27)26-20-24(32-34(26)25-12-3-2-11-23(25)30)29(35)31-15-4-5-16-33-17-6-7-18-33/h2-3,8-14,19-20H,4-7,15-18H2,1H3,(H,31,35). The van der Waals surface area contributed by atoms with Gasteiger partial charge in [-0.05, 0) is 93.3 Å². The molecule has 1 aliphatic heterocycles. The predicted octanol–water partition coefficient (Wildman–Crippen LogP) is 6.26. The number of hydrogen-bond acceptors (Lipinski definition) is 5. The quantitative estimate of drug-likeness (QED) is 0.230. The number of thiophene rings is 1. The van der Waals surface area contributed by atoms with E-state index in [1.807, 2.05) is 66.7 Å². The summed E-state index contributed by atoms with van der Waals surface area (Å²) in [5, 5.41) is 8.27. The molecule has 1 saturated heterocycles. The van der Waals surface area contributed by atoms with Crippen LogP contribution in [0.1, 0.15) is 36.2 Å². The van der Waals surface area contributed by atoms with E-state index in [1.165, 1.54) is 25.9 Å². The molecule has 1 aliphatic rings. The Bertz CT molecular complexity index is 1440. The molecule has 0 saturated carbocycles. The first-order chi connectivity index (χ1) is 18.5. The summed E-state index contributed by atoms with van der Waals surface area (Å²) >= 11 is 8.13. The number of aromatic nitrogens is 2. The van der Waals surface area contributed by atoms with Crippen molar-refractivity contribution in [3.8, 4) is 26.7 Å². The number of nitrogens with zero attached hydrogens (tertiary/aromatic N) is 3. The van der Waals surface area contributed by atoms with Crippen molar-refractivity contribution in [1.29, 1.82) is 0 Å². The molecule has 6 nitrogen and oxygen atoms in total. The maximum Gasteiger partial charge on any atom is 0.271 e. The Hall–Kier alpha value is -2.78. The zero-order valence-corrected chi connectivity index (χ0v) is 23.7. The molecule has 1 amide bonds. The van der Waals surface area contributed by atoms with E-state index >= 15 is 0 Å². The maximum atomic E-state index is 13.0.